The van der Waals surface area contributed by atoms with E-state index in [0.29, 0.717) is 24.8 Å². The van der Waals surface area contributed by atoms with E-state index in [9.17, 15) is 4.79 Å². The van der Waals surface area contributed by atoms with Crippen molar-refractivity contribution in [3.8, 4) is 0 Å². The van der Waals surface area contributed by atoms with Crippen molar-refractivity contribution in [1.29, 1.82) is 0 Å². The molecule has 1 aromatic heterocycles. The van der Waals surface area contributed by atoms with E-state index in [2.05, 4.69) is 0 Å². The fourth-order valence-electron chi connectivity index (χ4n) is 3.25. The zero-order chi connectivity index (χ0) is 14.2. The number of ether oxygens (including phenoxy) is 2. The number of carbonyl (C=O) groups is 1. The molecule has 5 nitrogen and oxygen atoms in total. The fourth-order valence-corrected chi connectivity index (χ4v) is 3.25. The van der Waals surface area contributed by atoms with Crippen LogP contribution in [-0.4, -0.2) is 49.8 Å². The van der Waals surface area contributed by atoms with E-state index < -0.39 is 0 Å². The first-order valence-electron chi connectivity index (χ1n) is 7.13. The number of hydrogen-bond donors (Lipinski definition) is 0. The molecule has 0 bridgehead atoms. The monoisotopic (exact) mass is 279 g/mol. The first-order valence-corrected chi connectivity index (χ1v) is 7.13. The lowest BCUT2D eigenvalue weighted by Crippen LogP contribution is -2.66. The Morgan fingerprint density at radius 3 is 2.95 bits per heavy atom. The third kappa shape index (κ3) is 2.25. The van der Waals surface area contributed by atoms with Gasteiger partial charge in [0.15, 0.2) is 5.76 Å². The molecule has 3 heterocycles. The lowest BCUT2D eigenvalue weighted by molar-refractivity contribution is -0.120. The van der Waals surface area contributed by atoms with Crippen LogP contribution < -0.4 is 0 Å². The highest BCUT2D eigenvalue weighted by Gasteiger charge is 2.54. The van der Waals surface area contributed by atoms with Gasteiger partial charge in [0.25, 0.3) is 5.91 Å². The van der Waals surface area contributed by atoms with E-state index in [1.807, 2.05) is 17.9 Å². The van der Waals surface area contributed by atoms with Crippen molar-refractivity contribution >= 4 is 5.91 Å². The number of aryl methyl sites for hydroxylation is 1. The summed E-state index contributed by atoms with van der Waals surface area (Å²) in [7, 11) is 1.72. The lowest BCUT2D eigenvalue weighted by Gasteiger charge is -2.50. The van der Waals surface area contributed by atoms with Crippen molar-refractivity contribution in [1.82, 2.24) is 4.90 Å². The molecule has 2 fully saturated rings. The van der Waals surface area contributed by atoms with Gasteiger partial charge in [0.05, 0.1) is 13.1 Å². The lowest BCUT2D eigenvalue weighted by atomic mass is 9.79. The molecule has 1 unspecified atom stereocenters. The molecule has 2 aliphatic heterocycles. The standard InChI is InChI=1S/C15H21NO4/c1-11-3-4-13(20-11)14(17)16-9-15(10-16)12(5-7-18-2)6-8-19-15/h3-4,12H,5-10H2,1-2H3. The SMILES string of the molecule is COCCC1CCOC12CN(C(=O)c1ccc(C)o1)C2. The van der Waals surface area contributed by atoms with Crippen LogP contribution in [0.25, 0.3) is 0 Å². The average Bonchev–Trinajstić information content (AvgIpc) is 2.99. The highest BCUT2D eigenvalue weighted by Crippen LogP contribution is 2.42. The van der Waals surface area contributed by atoms with Gasteiger partial charge < -0.3 is 18.8 Å². The number of methoxy groups -OCH3 is 1. The van der Waals surface area contributed by atoms with Crippen molar-refractivity contribution in [2.45, 2.75) is 25.4 Å². The van der Waals surface area contributed by atoms with Gasteiger partial charge in [-0.1, -0.05) is 0 Å². The molecule has 0 radical (unpaired) electrons. The van der Waals surface area contributed by atoms with Gasteiger partial charge in [-0.2, -0.15) is 0 Å². The fraction of sp³-hybridized carbons (Fsp3) is 0.667. The van der Waals surface area contributed by atoms with Crippen LogP contribution in [0.2, 0.25) is 0 Å². The first kappa shape index (κ1) is 13.6. The van der Waals surface area contributed by atoms with Crippen LogP contribution >= 0.6 is 0 Å². The molecule has 0 saturated carbocycles. The molecule has 1 aromatic rings. The quantitative estimate of drug-likeness (QED) is 0.844. The smallest absolute Gasteiger partial charge is 0.289 e. The molecule has 5 heteroatoms. The Morgan fingerprint density at radius 1 is 1.50 bits per heavy atom. The molecule has 0 N–H and O–H groups in total. The second kappa shape index (κ2) is 5.22. The summed E-state index contributed by atoms with van der Waals surface area (Å²) < 4.78 is 16.5. The molecular weight excluding hydrogens is 258 g/mol. The summed E-state index contributed by atoms with van der Waals surface area (Å²) in [5.74, 6) is 1.64. The van der Waals surface area contributed by atoms with E-state index in [-0.39, 0.29) is 11.5 Å². The molecule has 110 valence electrons. The van der Waals surface area contributed by atoms with Gasteiger partial charge in [0.2, 0.25) is 0 Å². The molecule has 1 amide bonds. The predicted octanol–water partition coefficient (Wildman–Crippen LogP) is 1.86. The molecule has 2 aliphatic rings. The van der Waals surface area contributed by atoms with E-state index in [4.69, 9.17) is 13.9 Å². The van der Waals surface area contributed by atoms with Crippen molar-refractivity contribution in [2.75, 3.05) is 33.4 Å². The minimum atomic E-state index is -0.143. The van der Waals surface area contributed by atoms with Gasteiger partial charge in [-0.25, -0.2) is 0 Å². The molecule has 20 heavy (non-hydrogen) atoms. The number of furan rings is 1. The second-order valence-electron chi connectivity index (χ2n) is 5.75. The Bertz CT molecular complexity index is 490. The van der Waals surface area contributed by atoms with Crippen LogP contribution in [-0.2, 0) is 9.47 Å². The Balaban J connectivity index is 1.61. The normalized spacial score (nSPS) is 24.1. The Hall–Kier alpha value is -1.33. The number of carbonyl (C=O) groups excluding carboxylic acids is 1. The molecule has 1 atom stereocenters. The van der Waals surface area contributed by atoms with E-state index >= 15 is 0 Å². The van der Waals surface area contributed by atoms with E-state index in [0.717, 1.165) is 31.8 Å². The maximum Gasteiger partial charge on any atom is 0.289 e. The average molecular weight is 279 g/mol. The summed E-state index contributed by atoms with van der Waals surface area (Å²) in [6.07, 6.45) is 2.06. The molecule has 0 aliphatic carbocycles. The summed E-state index contributed by atoms with van der Waals surface area (Å²) in [6, 6.07) is 3.55. The zero-order valence-electron chi connectivity index (χ0n) is 12.1. The van der Waals surface area contributed by atoms with Crippen molar-refractivity contribution in [2.24, 2.45) is 5.92 Å². The number of nitrogens with zero attached hydrogens (tertiary/aromatic N) is 1. The van der Waals surface area contributed by atoms with Gasteiger partial charge in [-0.15, -0.1) is 0 Å². The predicted molar refractivity (Wildman–Crippen MR) is 72.6 cm³/mol. The van der Waals surface area contributed by atoms with E-state index in [1.54, 1.807) is 13.2 Å². The topological polar surface area (TPSA) is 51.9 Å². The van der Waals surface area contributed by atoms with Crippen LogP contribution in [0.3, 0.4) is 0 Å². The van der Waals surface area contributed by atoms with Crippen LogP contribution in [0.4, 0.5) is 0 Å². The van der Waals surface area contributed by atoms with Gasteiger partial charge in [-0.3, -0.25) is 4.79 Å². The van der Waals surface area contributed by atoms with Crippen LogP contribution in [0.5, 0.6) is 0 Å². The van der Waals surface area contributed by atoms with Gasteiger partial charge in [-0.05, 0) is 37.8 Å². The molecule has 2 saturated heterocycles. The zero-order valence-corrected chi connectivity index (χ0v) is 12.1. The number of rotatable bonds is 4. The minimum absolute atomic E-state index is 0.0373. The van der Waals surface area contributed by atoms with Gasteiger partial charge in [0.1, 0.15) is 11.4 Å². The number of likely N-dealkylation sites (tertiary alicyclic amines) is 1. The van der Waals surface area contributed by atoms with Crippen molar-refractivity contribution in [3.05, 3.63) is 23.7 Å². The summed E-state index contributed by atoms with van der Waals surface area (Å²) >= 11 is 0. The van der Waals surface area contributed by atoms with Crippen molar-refractivity contribution < 1.29 is 18.7 Å². The highest BCUT2D eigenvalue weighted by atomic mass is 16.5. The second-order valence-corrected chi connectivity index (χ2v) is 5.75. The summed E-state index contributed by atoms with van der Waals surface area (Å²) in [6.45, 7) is 4.71. The Labute approximate surface area is 118 Å². The minimum Gasteiger partial charge on any atom is -0.456 e. The number of hydrogen-bond acceptors (Lipinski definition) is 4. The van der Waals surface area contributed by atoms with E-state index in [1.165, 1.54) is 0 Å². The maximum absolute atomic E-state index is 12.3. The van der Waals surface area contributed by atoms with Crippen LogP contribution in [0.15, 0.2) is 16.5 Å². The van der Waals surface area contributed by atoms with Gasteiger partial charge >= 0.3 is 0 Å². The summed E-state index contributed by atoms with van der Waals surface area (Å²) in [4.78, 5) is 14.1. The summed E-state index contributed by atoms with van der Waals surface area (Å²) in [5, 5.41) is 0. The largest absolute Gasteiger partial charge is 0.456 e. The molecular formula is C15H21NO4. The van der Waals surface area contributed by atoms with Gasteiger partial charge in [0, 0.05) is 20.3 Å². The van der Waals surface area contributed by atoms with Crippen molar-refractivity contribution in [3.63, 3.8) is 0 Å². The highest BCUT2D eigenvalue weighted by molar-refractivity contribution is 5.92. The third-order valence-corrected chi connectivity index (χ3v) is 4.43. The Morgan fingerprint density at radius 2 is 2.30 bits per heavy atom. The first-order chi connectivity index (χ1) is 9.64. The number of amides is 1. The molecule has 3 rings (SSSR count). The third-order valence-electron chi connectivity index (χ3n) is 4.43. The van der Waals surface area contributed by atoms with Crippen LogP contribution in [0.1, 0.15) is 29.2 Å². The molecule has 0 aromatic carbocycles. The maximum atomic E-state index is 12.3. The molecule has 1 spiro atoms. The summed E-state index contributed by atoms with van der Waals surface area (Å²) in [5.41, 5.74) is -0.143. The Kier molecular flexibility index (Phi) is 3.56. The van der Waals surface area contributed by atoms with Crippen LogP contribution in [0, 0.1) is 12.8 Å².